The van der Waals surface area contributed by atoms with E-state index in [0.29, 0.717) is 13.2 Å². The lowest BCUT2D eigenvalue weighted by molar-refractivity contribution is 0.0951. The fourth-order valence-corrected chi connectivity index (χ4v) is 2.04. The number of allylic oxidation sites excluding steroid dienone is 1. The standard InChI is InChI=1S/C18H20FN3O2/c1-2-3-4-10-24-14-7-5-6-13(11-14)12-21-18(23)15-8-9-16(19)22-17(15)20/h3-9,11H,2,10,12H2,1H3,(H2,20,22)(H,21,23)/b4-3+. The number of ether oxygens (including phenoxy) is 1. The molecule has 6 heteroatoms. The molecule has 0 aliphatic heterocycles. The van der Waals surface area contributed by atoms with Crippen LogP contribution in [-0.4, -0.2) is 17.5 Å². The molecule has 0 atom stereocenters. The van der Waals surface area contributed by atoms with Gasteiger partial charge in [-0.3, -0.25) is 4.79 Å². The topological polar surface area (TPSA) is 77.2 Å². The zero-order valence-corrected chi connectivity index (χ0v) is 13.5. The van der Waals surface area contributed by atoms with Crippen molar-refractivity contribution in [2.24, 2.45) is 0 Å². The highest BCUT2D eigenvalue weighted by Crippen LogP contribution is 2.14. The number of rotatable bonds is 7. The first-order valence-electron chi connectivity index (χ1n) is 7.67. The molecule has 126 valence electrons. The molecule has 0 saturated heterocycles. The van der Waals surface area contributed by atoms with Crippen molar-refractivity contribution >= 4 is 11.7 Å². The second-order valence-corrected chi connectivity index (χ2v) is 5.09. The third kappa shape index (κ3) is 5.08. The number of carbonyl (C=O) groups excluding carboxylic acids is 1. The maximum Gasteiger partial charge on any atom is 0.255 e. The van der Waals surface area contributed by atoms with Crippen molar-refractivity contribution in [3.8, 4) is 5.75 Å². The third-order valence-corrected chi connectivity index (χ3v) is 3.24. The van der Waals surface area contributed by atoms with E-state index in [1.165, 1.54) is 6.07 Å². The van der Waals surface area contributed by atoms with E-state index in [4.69, 9.17) is 10.5 Å². The summed E-state index contributed by atoms with van der Waals surface area (Å²) in [5, 5.41) is 2.73. The van der Waals surface area contributed by atoms with Crippen molar-refractivity contribution < 1.29 is 13.9 Å². The van der Waals surface area contributed by atoms with Crippen LogP contribution in [0.15, 0.2) is 48.6 Å². The van der Waals surface area contributed by atoms with Crippen LogP contribution in [0.25, 0.3) is 0 Å². The van der Waals surface area contributed by atoms with Crippen molar-refractivity contribution in [1.82, 2.24) is 10.3 Å². The molecule has 2 aromatic rings. The largest absolute Gasteiger partial charge is 0.490 e. The summed E-state index contributed by atoms with van der Waals surface area (Å²) in [6.45, 7) is 2.86. The minimum atomic E-state index is -0.717. The van der Waals surface area contributed by atoms with Gasteiger partial charge in [0.05, 0.1) is 5.56 Å². The normalized spacial score (nSPS) is 10.8. The molecule has 3 N–H and O–H groups in total. The number of nitrogens with one attached hydrogen (secondary N) is 1. The maximum atomic E-state index is 12.9. The highest BCUT2D eigenvalue weighted by atomic mass is 19.1. The van der Waals surface area contributed by atoms with Crippen LogP contribution < -0.4 is 15.8 Å². The summed E-state index contributed by atoms with van der Waals surface area (Å²) in [6.07, 6.45) is 4.96. The molecular formula is C18H20FN3O2. The molecular weight excluding hydrogens is 309 g/mol. The summed E-state index contributed by atoms with van der Waals surface area (Å²) in [4.78, 5) is 15.5. The van der Waals surface area contributed by atoms with Crippen molar-refractivity contribution in [3.05, 3.63) is 65.6 Å². The van der Waals surface area contributed by atoms with E-state index >= 15 is 0 Å². The van der Waals surface area contributed by atoms with Crippen LogP contribution in [0, 0.1) is 5.95 Å². The molecule has 0 spiro atoms. The molecule has 1 heterocycles. The quantitative estimate of drug-likeness (QED) is 0.604. The monoisotopic (exact) mass is 329 g/mol. The Hall–Kier alpha value is -2.89. The SMILES string of the molecule is CC/C=C/COc1cccc(CNC(=O)c2ccc(F)nc2N)c1. The number of nitrogens with zero attached hydrogens (tertiary/aromatic N) is 1. The van der Waals surface area contributed by atoms with E-state index in [2.05, 4.69) is 17.2 Å². The molecule has 0 aliphatic carbocycles. The summed E-state index contributed by atoms with van der Waals surface area (Å²) in [7, 11) is 0. The van der Waals surface area contributed by atoms with Crippen molar-refractivity contribution in [1.29, 1.82) is 0 Å². The first-order valence-corrected chi connectivity index (χ1v) is 7.67. The van der Waals surface area contributed by atoms with Crippen LogP contribution in [0.1, 0.15) is 29.3 Å². The number of carbonyl (C=O) groups is 1. The molecule has 1 aromatic heterocycles. The molecule has 0 radical (unpaired) electrons. The van der Waals surface area contributed by atoms with E-state index in [1.54, 1.807) is 0 Å². The highest BCUT2D eigenvalue weighted by Gasteiger charge is 2.11. The van der Waals surface area contributed by atoms with Crippen LogP contribution in [0.3, 0.4) is 0 Å². The molecule has 24 heavy (non-hydrogen) atoms. The van der Waals surface area contributed by atoms with Gasteiger partial charge in [-0.05, 0) is 36.2 Å². The molecule has 2 rings (SSSR count). The van der Waals surface area contributed by atoms with Crippen LogP contribution in [-0.2, 0) is 6.54 Å². The Balaban J connectivity index is 1.94. The average Bonchev–Trinajstić information content (AvgIpc) is 2.57. The fraction of sp³-hybridized carbons (Fsp3) is 0.222. The maximum absolute atomic E-state index is 12.9. The molecule has 0 aliphatic rings. The second kappa shape index (κ2) is 8.67. The number of halogens is 1. The van der Waals surface area contributed by atoms with Crippen LogP contribution in [0.4, 0.5) is 10.2 Å². The Morgan fingerprint density at radius 3 is 2.92 bits per heavy atom. The molecule has 0 saturated carbocycles. The molecule has 0 unspecified atom stereocenters. The van der Waals surface area contributed by atoms with Crippen LogP contribution in [0.2, 0.25) is 0 Å². The lowest BCUT2D eigenvalue weighted by atomic mass is 10.2. The molecule has 5 nitrogen and oxygen atoms in total. The first kappa shape index (κ1) is 17.5. The Morgan fingerprint density at radius 1 is 1.33 bits per heavy atom. The van der Waals surface area contributed by atoms with Crippen LogP contribution >= 0.6 is 0 Å². The molecule has 1 aromatic carbocycles. The second-order valence-electron chi connectivity index (χ2n) is 5.09. The predicted molar refractivity (Wildman–Crippen MR) is 91.1 cm³/mol. The Morgan fingerprint density at radius 2 is 2.17 bits per heavy atom. The Kier molecular flexibility index (Phi) is 6.31. The van der Waals surface area contributed by atoms with Gasteiger partial charge in [-0.1, -0.05) is 31.2 Å². The molecule has 0 bridgehead atoms. The number of pyridine rings is 1. The lowest BCUT2D eigenvalue weighted by Gasteiger charge is -2.09. The summed E-state index contributed by atoms with van der Waals surface area (Å²) in [5.74, 6) is -0.527. The third-order valence-electron chi connectivity index (χ3n) is 3.24. The van der Waals surface area contributed by atoms with Gasteiger partial charge in [-0.15, -0.1) is 0 Å². The zero-order valence-electron chi connectivity index (χ0n) is 13.5. The summed E-state index contributed by atoms with van der Waals surface area (Å²) in [6, 6.07) is 9.85. The molecule has 0 fully saturated rings. The van der Waals surface area contributed by atoms with Gasteiger partial charge in [-0.2, -0.15) is 4.39 Å². The number of anilines is 1. The Labute approximate surface area is 140 Å². The lowest BCUT2D eigenvalue weighted by Crippen LogP contribution is -2.24. The van der Waals surface area contributed by atoms with Gasteiger partial charge in [0, 0.05) is 6.54 Å². The van der Waals surface area contributed by atoms with Crippen LogP contribution in [0.5, 0.6) is 5.75 Å². The number of benzene rings is 1. The van der Waals surface area contributed by atoms with Gasteiger partial charge in [0.2, 0.25) is 5.95 Å². The van der Waals surface area contributed by atoms with E-state index in [9.17, 15) is 9.18 Å². The van der Waals surface area contributed by atoms with Gasteiger partial charge >= 0.3 is 0 Å². The minimum absolute atomic E-state index is 0.132. The summed E-state index contributed by atoms with van der Waals surface area (Å²) in [5.41, 5.74) is 6.59. The smallest absolute Gasteiger partial charge is 0.255 e. The van der Waals surface area contributed by atoms with E-state index in [-0.39, 0.29) is 11.4 Å². The number of nitrogens with two attached hydrogens (primary N) is 1. The van der Waals surface area contributed by atoms with Gasteiger partial charge < -0.3 is 15.8 Å². The summed E-state index contributed by atoms with van der Waals surface area (Å²) >= 11 is 0. The van der Waals surface area contributed by atoms with Gasteiger partial charge in [0.1, 0.15) is 18.2 Å². The zero-order chi connectivity index (χ0) is 17.4. The van der Waals surface area contributed by atoms with Gasteiger partial charge in [-0.25, -0.2) is 4.98 Å². The minimum Gasteiger partial charge on any atom is -0.490 e. The number of amides is 1. The number of nitrogen functional groups attached to an aromatic ring is 1. The van der Waals surface area contributed by atoms with E-state index in [0.717, 1.165) is 23.8 Å². The predicted octanol–water partition coefficient (Wildman–Crippen LogP) is 3.08. The molecule has 1 amide bonds. The van der Waals surface area contributed by atoms with Crippen molar-refractivity contribution in [2.75, 3.05) is 12.3 Å². The van der Waals surface area contributed by atoms with Gasteiger partial charge in [0.15, 0.2) is 0 Å². The average molecular weight is 329 g/mol. The number of hydrogen-bond donors (Lipinski definition) is 2. The number of hydrogen-bond acceptors (Lipinski definition) is 4. The van der Waals surface area contributed by atoms with E-state index < -0.39 is 11.9 Å². The fourth-order valence-electron chi connectivity index (χ4n) is 2.04. The van der Waals surface area contributed by atoms with E-state index in [1.807, 2.05) is 36.4 Å². The van der Waals surface area contributed by atoms with Crippen molar-refractivity contribution in [2.45, 2.75) is 19.9 Å². The highest BCUT2D eigenvalue weighted by molar-refractivity contribution is 5.98. The first-order chi connectivity index (χ1) is 11.6. The van der Waals surface area contributed by atoms with Crippen molar-refractivity contribution in [3.63, 3.8) is 0 Å². The Bertz CT molecular complexity index is 732. The van der Waals surface area contributed by atoms with Gasteiger partial charge in [0.25, 0.3) is 5.91 Å². The summed E-state index contributed by atoms with van der Waals surface area (Å²) < 4.78 is 18.5. The number of aromatic nitrogens is 1.